The lowest BCUT2D eigenvalue weighted by molar-refractivity contribution is -0.00961. The number of nitrogens with zero attached hydrogens (tertiary/aromatic N) is 6. The minimum Gasteiger partial charge on any atom is -0.368 e. The van der Waals surface area contributed by atoms with Crippen LogP contribution >= 0.6 is 11.6 Å². The molecule has 0 saturated carbocycles. The highest BCUT2D eigenvalue weighted by atomic mass is 35.5. The van der Waals surface area contributed by atoms with E-state index in [1.54, 1.807) is 22.6 Å². The standard InChI is InChI=1S/C20H23ClF3N7/c1-11(2)31-15-7-12(16-13(21)8-26-18(25)27-16)6-14(22)17(15)28-19(31)30-5-4-29(3)9-20(23,24)10-30/h6-8,11H,4-5,9-10H2,1-3H3,(H2,25,26,27). The Morgan fingerprint density at radius 3 is 2.61 bits per heavy atom. The van der Waals surface area contributed by atoms with Gasteiger partial charge in [0.2, 0.25) is 11.9 Å². The second-order valence-corrected chi connectivity index (χ2v) is 8.55. The zero-order chi connectivity index (χ0) is 22.5. The van der Waals surface area contributed by atoms with Gasteiger partial charge in [-0.2, -0.15) is 0 Å². The molecule has 0 atom stereocenters. The second-order valence-electron chi connectivity index (χ2n) is 8.14. The molecular weight excluding hydrogens is 431 g/mol. The summed E-state index contributed by atoms with van der Waals surface area (Å²) in [7, 11) is 1.66. The molecule has 0 amide bonds. The van der Waals surface area contributed by atoms with Crippen LogP contribution in [0, 0.1) is 5.82 Å². The van der Waals surface area contributed by atoms with Gasteiger partial charge < -0.3 is 15.2 Å². The Balaban J connectivity index is 1.89. The Morgan fingerprint density at radius 1 is 1.16 bits per heavy atom. The highest BCUT2D eigenvalue weighted by Crippen LogP contribution is 2.35. The number of halogens is 4. The van der Waals surface area contributed by atoms with Gasteiger partial charge in [0.15, 0.2) is 5.82 Å². The van der Waals surface area contributed by atoms with E-state index in [-0.39, 0.29) is 34.8 Å². The van der Waals surface area contributed by atoms with Crippen LogP contribution in [0.25, 0.3) is 22.3 Å². The molecule has 4 rings (SSSR count). The van der Waals surface area contributed by atoms with Crippen LogP contribution in [0.5, 0.6) is 0 Å². The van der Waals surface area contributed by atoms with Crippen molar-refractivity contribution in [3.05, 3.63) is 29.2 Å². The molecule has 11 heteroatoms. The maximum absolute atomic E-state index is 15.1. The van der Waals surface area contributed by atoms with E-state index in [1.807, 2.05) is 13.8 Å². The Kier molecular flexibility index (Phi) is 5.47. The van der Waals surface area contributed by atoms with Crippen LogP contribution in [0.2, 0.25) is 5.02 Å². The quantitative estimate of drug-likeness (QED) is 0.649. The van der Waals surface area contributed by atoms with Gasteiger partial charge in [-0.15, -0.1) is 0 Å². The first-order valence-corrected chi connectivity index (χ1v) is 10.2. The molecule has 0 radical (unpaired) electrons. The number of anilines is 2. The molecular formula is C20H23ClF3N7. The average Bonchev–Trinajstić information content (AvgIpc) is 3.00. The van der Waals surface area contributed by atoms with Crippen LogP contribution in [0.3, 0.4) is 0 Å². The molecule has 3 aromatic rings. The molecule has 1 aliphatic rings. The molecule has 1 fully saturated rings. The zero-order valence-electron chi connectivity index (χ0n) is 17.4. The van der Waals surface area contributed by atoms with Crippen LogP contribution in [0.4, 0.5) is 25.1 Å². The SMILES string of the molecule is CC(C)n1c(N2CCN(C)CC(F)(F)C2)nc2c(F)cc(-c3nc(N)ncc3Cl)cc21. The smallest absolute Gasteiger partial charge is 0.277 e. The van der Waals surface area contributed by atoms with Gasteiger partial charge >= 0.3 is 0 Å². The van der Waals surface area contributed by atoms with Crippen molar-refractivity contribution in [2.75, 3.05) is 43.9 Å². The number of hydrogen-bond donors (Lipinski definition) is 1. The molecule has 1 aliphatic heterocycles. The van der Waals surface area contributed by atoms with Crippen molar-refractivity contribution < 1.29 is 13.2 Å². The fourth-order valence-corrected chi connectivity index (χ4v) is 4.14. The van der Waals surface area contributed by atoms with Crippen molar-refractivity contribution in [1.29, 1.82) is 0 Å². The van der Waals surface area contributed by atoms with E-state index in [4.69, 9.17) is 17.3 Å². The van der Waals surface area contributed by atoms with Crippen molar-refractivity contribution in [2.24, 2.45) is 0 Å². The molecule has 2 N–H and O–H groups in total. The lowest BCUT2D eigenvalue weighted by Gasteiger charge is -2.26. The summed E-state index contributed by atoms with van der Waals surface area (Å²) in [6.45, 7) is 3.76. The number of fused-ring (bicyclic) bond motifs is 1. The first-order valence-electron chi connectivity index (χ1n) is 9.87. The molecule has 3 heterocycles. The van der Waals surface area contributed by atoms with Gasteiger partial charge in [0.25, 0.3) is 5.92 Å². The second kappa shape index (κ2) is 7.83. The predicted octanol–water partition coefficient (Wildman–Crippen LogP) is 3.84. The van der Waals surface area contributed by atoms with Crippen LogP contribution in [-0.4, -0.2) is 63.6 Å². The highest BCUT2D eigenvalue weighted by Gasteiger charge is 2.37. The highest BCUT2D eigenvalue weighted by molar-refractivity contribution is 6.33. The van der Waals surface area contributed by atoms with Gasteiger partial charge in [-0.1, -0.05) is 11.6 Å². The largest absolute Gasteiger partial charge is 0.368 e. The summed E-state index contributed by atoms with van der Waals surface area (Å²) < 4.78 is 45.8. The fraction of sp³-hybridized carbons (Fsp3) is 0.450. The Labute approximate surface area is 182 Å². The van der Waals surface area contributed by atoms with E-state index in [0.29, 0.717) is 30.1 Å². The third-order valence-corrected chi connectivity index (χ3v) is 5.52. The van der Waals surface area contributed by atoms with E-state index in [1.165, 1.54) is 17.2 Å². The first-order chi connectivity index (χ1) is 14.6. The summed E-state index contributed by atoms with van der Waals surface area (Å²) in [5.41, 5.74) is 6.93. The minimum atomic E-state index is -2.92. The fourth-order valence-electron chi connectivity index (χ4n) is 3.94. The van der Waals surface area contributed by atoms with E-state index in [2.05, 4.69) is 15.0 Å². The van der Waals surface area contributed by atoms with Crippen LogP contribution in [0.15, 0.2) is 18.3 Å². The molecule has 2 aromatic heterocycles. The van der Waals surface area contributed by atoms with Gasteiger partial charge in [0.1, 0.15) is 5.52 Å². The van der Waals surface area contributed by atoms with Gasteiger partial charge in [0, 0.05) is 24.7 Å². The summed E-state index contributed by atoms with van der Waals surface area (Å²) in [6, 6.07) is 2.81. The number of likely N-dealkylation sites (N-methyl/N-ethyl adjacent to an activating group) is 1. The molecule has 1 saturated heterocycles. The summed E-state index contributed by atoms with van der Waals surface area (Å²) in [5, 5.41) is 0.221. The van der Waals surface area contributed by atoms with Crippen molar-refractivity contribution in [1.82, 2.24) is 24.4 Å². The number of rotatable bonds is 3. The molecule has 1 aromatic carbocycles. The Bertz CT molecular complexity index is 1130. The normalized spacial score (nSPS) is 17.5. The summed E-state index contributed by atoms with van der Waals surface area (Å²) >= 11 is 6.21. The number of imidazole rings is 1. The van der Waals surface area contributed by atoms with Crippen LogP contribution < -0.4 is 10.6 Å². The van der Waals surface area contributed by atoms with E-state index in [9.17, 15) is 8.78 Å². The lowest BCUT2D eigenvalue weighted by atomic mass is 10.1. The number of aromatic nitrogens is 4. The topological polar surface area (TPSA) is 76.1 Å². The first kappa shape index (κ1) is 21.6. The Hall–Kier alpha value is -2.59. The number of nitrogens with two attached hydrogens (primary N) is 1. The summed E-state index contributed by atoms with van der Waals surface area (Å²) in [6.07, 6.45) is 1.35. The monoisotopic (exact) mass is 453 g/mol. The van der Waals surface area contributed by atoms with Crippen molar-refractivity contribution >= 4 is 34.5 Å². The number of nitrogen functional groups attached to an aromatic ring is 1. The van der Waals surface area contributed by atoms with Crippen LogP contribution in [0.1, 0.15) is 19.9 Å². The average molecular weight is 454 g/mol. The number of benzene rings is 1. The molecule has 0 spiro atoms. The predicted molar refractivity (Wildman–Crippen MR) is 115 cm³/mol. The minimum absolute atomic E-state index is 0.00822. The molecule has 0 unspecified atom stereocenters. The lowest BCUT2D eigenvalue weighted by Crippen LogP contribution is -2.39. The number of hydrogen-bond acceptors (Lipinski definition) is 6. The Morgan fingerprint density at radius 2 is 1.90 bits per heavy atom. The van der Waals surface area contributed by atoms with Crippen molar-refractivity contribution in [3.63, 3.8) is 0 Å². The third-order valence-electron chi connectivity index (χ3n) is 5.24. The molecule has 0 bridgehead atoms. The van der Waals surface area contributed by atoms with Gasteiger partial charge in [-0.25, -0.2) is 28.1 Å². The van der Waals surface area contributed by atoms with Crippen LogP contribution in [-0.2, 0) is 0 Å². The van der Waals surface area contributed by atoms with E-state index >= 15 is 4.39 Å². The van der Waals surface area contributed by atoms with Gasteiger partial charge in [0.05, 0.1) is 35.5 Å². The van der Waals surface area contributed by atoms with E-state index in [0.717, 1.165) is 0 Å². The van der Waals surface area contributed by atoms with E-state index < -0.39 is 18.3 Å². The molecule has 31 heavy (non-hydrogen) atoms. The van der Waals surface area contributed by atoms with Crippen molar-refractivity contribution in [2.45, 2.75) is 25.8 Å². The maximum atomic E-state index is 15.1. The molecule has 0 aliphatic carbocycles. The van der Waals surface area contributed by atoms with Gasteiger partial charge in [-0.05, 0) is 33.0 Å². The maximum Gasteiger partial charge on any atom is 0.277 e. The molecule has 7 nitrogen and oxygen atoms in total. The zero-order valence-corrected chi connectivity index (χ0v) is 18.2. The summed E-state index contributed by atoms with van der Waals surface area (Å²) in [4.78, 5) is 15.5. The third kappa shape index (κ3) is 4.14. The molecule has 166 valence electrons. The van der Waals surface area contributed by atoms with Gasteiger partial charge in [-0.3, -0.25) is 4.90 Å². The summed E-state index contributed by atoms with van der Waals surface area (Å²) in [5.74, 6) is -3.20. The van der Waals surface area contributed by atoms with Crippen molar-refractivity contribution in [3.8, 4) is 11.3 Å². The number of alkyl halides is 2.